The molecule has 0 bridgehead atoms. The number of halogens is 1. The Labute approximate surface area is 204 Å². The lowest BCUT2D eigenvalue weighted by Crippen LogP contribution is -2.47. The summed E-state index contributed by atoms with van der Waals surface area (Å²) in [5, 5.41) is 9.82. The van der Waals surface area contributed by atoms with Crippen LogP contribution in [-0.4, -0.2) is 45.7 Å². The SMILES string of the molecule is CC(C)c1ccc(S(=O)(=O)Nc2ccc(N3CCN(c4ccccc4F)CC3)c(C(=O)O)c2)cc1. The molecule has 4 rings (SSSR count). The predicted molar refractivity (Wildman–Crippen MR) is 136 cm³/mol. The number of sulfonamides is 1. The lowest BCUT2D eigenvalue weighted by molar-refractivity contribution is 0.0697. The molecule has 0 aromatic heterocycles. The number of hydrogen-bond acceptors (Lipinski definition) is 5. The van der Waals surface area contributed by atoms with Gasteiger partial charge in [0.1, 0.15) is 5.82 Å². The van der Waals surface area contributed by atoms with Crippen molar-refractivity contribution < 1.29 is 22.7 Å². The molecule has 0 atom stereocenters. The highest BCUT2D eigenvalue weighted by Gasteiger charge is 2.24. The van der Waals surface area contributed by atoms with E-state index in [0.717, 1.165) is 5.56 Å². The third-order valence-corrected chi connectivity index (χ3v) is 7.55. The third kappa shape index (κ3) is 5.40. The van der Waals surface area contributed by atoms with E-state index in [1.165, 1.54) is 12.1 Å². The molecule has 184 valence electrons. The van der Waals surface area contributed by atoms with Gasteiger partial charge in [-0.2, -0.15) is 0 Å². The summed E-state index contributed by atoms with van der Waals surface area (Å²) in [6.07, 6.45) is 0. The fraction of sp³-hybridized carbons (Fsp3) is 0.269. The van der Waals surface area contributed by atoms with Crippen molar-refractivity contribution in [3.8, 4) is 0 Å². The number of hydrogen-bond donors (Lipinski definition) is 2. The van der Waals surface area contributed by atoms with Crippen molar-refractivity contribution in [2.75, 3.05) is 40.7 Å². The Morgan fingerprint density at radius 1 is 0.914 bits per heavy atom. The van der Waals surface area contributed by atoms with Crippen molar-refractivity contribution in [1.82, 2.24) is 0 Å². The second kappa shape index (κ2) is 9.95. The highest BCUT2D eigenvalue weighted by atomic mass is 32.2. The van der Waals surface area contributed by atoms with Crippen LogP contribution in [0.15, 0.2) is 71.6 Å². The number of carbonyl (C=O) groups is 1. The molecule has 0 aliphatic carbocycles. The number of nitrogens with one attached hydrogen (secondary N) is 1. The Bertz CT molecular complexity index is 1320. The minimum Gasteiger partial charge on any atom is -0.478 e. The summed E-state index contributed by atoms with van der Waals surface area (Å²) in [5.41, 5.74) is 2.21. The smallest absolute Gasteiger partial charge is 0.337 e. The van der Waals surface area contributed by atoms with Gasteiger partial charge in [0, 0.05) is 31.9 Å². The van der Waals surface area contributed by atoms with Gasteiger partial charge in [-0.1, -0.05) is 38.1 Å². The first-order chi connectivity index (χ1) is 16.7. The van der Waals surface area contributed by atoms with Crippen LogP contribution in [-0.2, 0) is 10.0 Å². The summed E-state index contributed by atoms with van der Waals surface area (Å²) in [7, 11) is -3.88. The molecule has 9 heteroatoms. The van der Waals surface area contributed by atoms with Crippen LogP contribution in [0.5, 0.6) is 0 Å². The maximum Gasteiger partial charge on any atom is 0.337 e. The highest BCUT2D eigenvalue weighted by molar-refractivity contribution is 7.92. The molecular formula is C26H28FN3O4S. The zero-order chi connectivity index (χ0) is 25.2. The molecule has 2 N–H and O–H groups in total. The molecule has 0 spiro atoms. The second-order valence-electron chi connectivity index (χ2n) is 8.79. The van der Waals surface area contributed by atoms with Crippen LogP contribution in [0.4, 0.5) is 21.5 Å². The number of nitrogens with zero attached hydrogens (tertiary/aromatic N) is 2. The van der Waals surface area contributed by atoms with E-state index in [1.54, 1.807) is 54.6 Å². The number of rotatable bonds is 7. The lowest BCUT2D eigenvalue weighted by Gasteiger charge is -2.38. The Hall–Kier alpha value is -3.59. The minimum atomic E-state index is -3.88. The van der Waals surface area contributed by atoms with Gasteiger partial charge < -0.3 is 14.9 Å². The molecule has 1 aliphatic rings. The average Bonchev–Trinajstić information content (AvgIpc) is 2.84. The Morgan fingerprint density at radius 3 is 2.09 bits per heavy atom. The second-order valence-corrected chi connectivity index (χ2v) is 10.5. The normalized spacial score (nSPS) is 14.3. The minimum absolute atomic E-state index is 0.000280. The van der Waals surface area contributed by atoms with Gasteiger partial charge in [-0.3, -0.25) is 4.72 Å². The molecule has 0 radical (unpaired) electrons. The highest BCUT2D eigenvalue weighted by Crippen LogP contribution is 2.29. The third-order valence-electron chi connectivity index (χ3n) is 6.15. The van der Waals surface area contributed by atoms with Gasteiger partial charge in [-0.25, -0.2) is 17.6 Å². The summed E-state index contributed by atoms with van der Waals surface area (Å²) in [6, 6.07) is 17.7. The molecule has 35 heavy (non-hydrogen) atoms. The molecule has 7 nitrogen and oxygen atoms in total. The fourth-order valence-electron chi connectivity index (χ4n) is 4.19. The van der Waals surface area contributed by atoms with Gasteiger partial charge in [0.2, 0.25) is 0 Å². The maximum atomic E-state index is 14.1. The number of piperazine rings is 1. The monoisotopic (exact) mass is 497 g/mol. The number of carboxylic acids is 1. The largest absolute Gasteiger partial charge is 0.478 e. The Morgan fingerprint density at radius 2 is 1.51 bits per heavy atom. The molecule has 1 aliphatic heterocycles. The van der Waals surface area contributed by atoms with Crippen molar-refractivity contribution in [3.63, 3.8) is 0 Å². The molecule has 1 fully saturated rings. The number of carboxylic acid groups (broad SMARTS) is 1. The van der Waals surface area contributed by atoms with E-state index in [9.17, 15) is 22.7 Å². The molecule has 1 saturated heterocycles. The summed E-state index contributed by atoms with van der Waals surface area (Å²) >= 11 is 0. The fourth-order valence-corrected chi connectivity index (χ4v) is 5.24. The summed E-state index contributed by atoms with van der Waals surface area (Å²) in [5.74, 6) is -1.17. The van der Waals surface area contributed by atoms with Crippen LogP contribution in [0.25, 0.3) is 0 Å². The van der Waals surface area contributed by atoms with Gasteiger partial charge in [0.25, 0.3) is 10.0 Å². The van der Waals surface area contributed by atoms with Gasteiger partial charge in [0.15, 0.2) is 0 Å². The zero-order valence-electron chi connectivity index (χ0n) is 19.6. The van der Waals surface area contributed by atoms with E-state index >= 15 is 0 Å². The Kier molecular flexibility index (Phi) is 6.98. The van der Waals surface area contributed by atoms with Crippen molar-refractivity contribution in [2.24, 2.45) is 0 Å². The van der Waals surface area contributed by atoms with E-state index < -0.39 is 16.0 Å². The van der Waals surface area contributed by atoms with E-state index in [2.05, 4.69) is 4.72 Å². The molecule has 3 aromatic rings. The summed E-state index contributed by atoms with van der Waals surface area (Å²) in [6.45, 7) is 6.11. The summed E-state index contributed by atoms with van der Waals surface area (Å²) < 4.78 is 42.3. The van der Waals surface area contributed by atoms with E-state index in [1.807, 2.05) is 23.6 Å². The quantitative estimate of drug-likeness (QED) is 0.489. The number of para-hydroxylation sites is 1. The van der Waals surface area contributed by atoms with Gasteiger partial charge >= 0.3 is 5.97 Å². The predicted octanol–water partition coefficient (Wildman–Crippen LogP) is 4.77. The maximum absolute atomic E-state index is 14.1. The average molecular weight is 498 g/mol. The first-order valence-corrected chi connectivity index (χ1v) is 12.9. The molecule has 3 aromatic carbocycles. The van der Waals surface area contributed by atoms with Gasteiger partial charge in [-0.05, 0) is 53.9 Å². The first-order valence-electron chi connectivity index (χ1n) is 11.4. The Balaban J connectivity index is 1.51. The van der Waals surface area contributed by atoms with E-state index in [-0.39, 0.29) is 27.9 Å². The summed E-state index contributed by atoms with van der Waals surface area (Å²) in [4.78, 5) is 16.0. The zero-order valence-corrected chi connectivity index (χ0v) is 20.4. The topological polar surface area (TPSA) is 90.0 Å². The number of benzene rings is 3. The van der Waals surface area contributed by atoms with Crippen molar-refractivity contribution >= 4 is 33.1 Å². The van der Waals surface area contributed by atoms with Crippen molar-refractivity contribution in [2.45, 2.75) is 24.7 Å². The van der Waals surface area contributed by atoms with Crippen molar-refractivity contribution in [1.29, 1.82) is 0 Å². The van der Waals surface area contributed by atoms with E-state index in [0.29, 0.717) is 37.6 Å². The van der Waals surface area contributed by atoms with E-state index in [4.69, 9.17) is 0 Å². The number of anilines is 3. The first kappa shape index (κ1) is 24.5. The van der Waals surface area contributed by atoms with Gasteiger partial charge in [-0.15, -0.1) is 0 Å². The number of aromatic carboxylic acids is 1. The van der Waals surface area contributed by atoms with Crippen molar-refractivity contribution in [3.05, 3.63) is 83.7 Å². The van der Waals surface area contributed by atoms with Crippen LogP contribution in [0.2, 0.25) is 0 Å². The van der Waals surface area contributed by atoms with Crippen LogP contribution in [0.3, 0.4) is 0 Å². The van der Waals surface area contributed by atoms with Crippen LogP contribution in [0, 0.1) is 5.82 Å². The lowest BCUT2D eigenvalue weighted by atomic mass is 10.0. The molecule has 0 amide bonds. The van der Waals surface area contributed by atoms with Crippen LogP contribution >= 0.6 is 0 Å². The van der Waals surface area contributed by atoms with Gasteiger partial charge in [0.05, 0.1) is 21.8 Å². The molecule has 0 saturated carbocycles. The van der Waals surface area contributed by atoms with Crippen LogP contribution < -0.4 is 14.5 Å². The van der Waals surface area contributed by atoms with Crippen LogP contribution in [0.1, 0.15) is 35.7 Å². The molecular weight excluding hydrogens is 469 g/mol. The molecule has 0 unspecified atom stereocenters. The standard InChI is InChI=1S/C26H28FN3O4S/c1-18(2)19-7-10-21(11-8-19)35(33,34)28-20-9-12-24(22(17-20)26(31)32)29-13-15-30(16-14-29)25-6-4-3-5-23(25)27/h3-12,17-18,28H,13-16H2,1-2H3,(H,31,32). The molecule has 1 heterocycles.